The molecule has 1 aromatic rings. The molecule has 0 fully saturated rings. The van der Waals surface area contributed by atoms with Gasteiger partial charge in [0.15, 0.2) is 5.78 Å². The first-order valence-corrected chi connectivity index (χ1v) is 7.42. The molecule has 0 aliphatic carbocycles. The zero-order valence-electron chi connectivity index (χ0n) is 13.6. The van der Waals surface area contributed by atoms with E-state index >= 15 is 0 Å². The van der Waals surface area contributed by atoms with Crippen LogP contribution >= 0.6 is 0 Å². The maximum absolute atomic E-state index is 12.8. The van der Waals surface area contributed by atoms with Crippen molar-refractivity contribution in [2.24, 2.45) is 11.7 Å². The molecule has 0 aromatic heterocycles. The summed E-state index contributed by atoms with van der Waals surface area (Å²) in [5.74, 6) is -1.28. The lowest BCUT2D eigenvalue weighted by atomic mass is 9.87. The molecule has 1 rings (SSSR count). The second kappa shape index (κ2) is 7.33. The lowest BCUT2D eigenvalue weighted by Gasteiger charge is -2.36. The molecule has 9 heteroatoms. The highest BCUT2D eigenvalue weighted by molar-refractivity contribution is 5.87. The molecule has 142 valence electrons. The molecule has 0 radical (unpaired) electrons. The zero-order valence-corrected chi connectivity index (χ0v) is 13.6. The zero-order chi connectivity index (χ0) is 19.6. The number of carbonyl (C=O) groups excluding carboxylic acids is 1. The Kier molecular flexibility index (Phi) is 6.28. The van der Waals surface area contributed by atoms with Gasteiger partial charge in [0.2, 0.25) is 0 Å². The third kappa shape index (κ3) is 4.72. The molecule has 3 N–H and O–H groups in total. The number of hydrogen-bond donors (Lipinski definition) is 2. The largest absolute Gasteiger partial charge is 0.428 e. The van der Waals surface area contributed by atoms with E-state index in [-0.39, 0.29) is 11.5 Å². The van der Waals surface area contributed by atoms with Crippen molar-refractivity contribution in [3.8, 4) is 0 Å². The van der Waals surface area contributed by atoms with Crippen molar-refractivity contribution < 1.29 is 36.2 Å². The Hall–Kier alpha value is -1.61. The fraction of sp³-hybridized carbons (Fsp3) is 0.562. The molecule has 0 amide bonds. The summed E-state index contributed by atoms with van der Waals surface area (Å²) >= 11 is 0. The predicted molar refractivity (Wildman–Crippen MR) is 78.7 cm³/mol. The second-order valence-corrected chi connectivity index (χ2v) is 6.30. The van der Waals surface area contributed by atoms with Crippen molar-refractivity contribution in [1.29, 1.82) is 0 Å². The normalized spacial score (nSPS) is 14.7. The van der Waals surface area contributed by atoms with E-state index in [1.165, 1.54) is 12.1 Å². The van der Waals surface area contributed by atoms with Gasteiger partial charge in [-0.1, -0.05) is 38.1 Å². The van der Waals surface area contributed by atoms with Crippen LogP contribution in [0.1, 0.15) is 25.0 Å². The van der Waals surface area contributed by atoms with E-state index in [0.29, 0.717) is 6.42 Å². The van der Waals surface area contributed by atoms with Gasteiger partial charge in [-0.05, 0) is 23.5 Å². The minimum absolute atomic E-state index is 0.227. The summed E-state index contributed by atoms with van der Waals surface area (Å²) in [6.07, 6.45) is -12.4. The minimum atomic E-state index is -6.14. The Morgan fingerprint density at radius 1 is 1.08 bits per heavy atom. The molecular weight excluding hydrogens is 352 g/mol. The van der Waals surface area contributed by atoms with Crippen molar-refractivity contribution in [1.82, 2.24) is 0 Å². The number of nitrogens with two attached hydrogens (primary N) is 1. The van der Waals surface area contributed by atoms with E-state index in [1.807, 2.05) is 13.8 Å². The highest BCUT2D eigenvalue weighted by atomic mass is 19.4. The van der Waals surface area contributed by atoms with Crippen LogP contribution in [0.2, 0.25) is 0 Å². The van der Waals surface area contributed by atoms with Gasteiger partial charge in [0.05, 0.1) is 0 Å². The van der Waals surface area contributed by atoms with Crippen LogP contribution in [0.15, 0.2) is 24.3 Å². The summed E-state index contributed by atoms with van der Waals surface area (Å²) in [6, 6.07) is 3.02. The quantitative estimate of drug-likeness (QED) is 0.755. The number of benzene rings is 1. The summed E-state index contributed by atoms with van der Waals surface area (Å²) in [7, 11) is 0. The average molecular weight is 371 g/mol. The van der Waals surface area contributed by atoms with Crippen LogP contribution in [-0.2, 0) is 17.6 Å². The number of aliphatic hydroxyl groups is 1. The number of Topliss-reactive ketones (excluding diaryl/α,β-unsaturated/α-hetero) is 1. The minimum Gasteiger partial charge on any atom is -0.372 e. The van der Waals surface area contributed by atoms with Gasteiger partial charge >= 0.3 is 12.4 Å². The number of carbonyl (C=O) groups is 1. The maximum Gasteiger partial charge on any atom is 0.428 e. The standard InChI is InChI=1S/C16H19F6NO2/c1-9(2)6-10-4-3-5-11(7-10)8-12(24)13(23)14(25,15(17,18)19)16(20,21)22/h3-5,7,9,13,25H,6,8,23H2,1-2H3. The van der Waals surface area contributed by atoms with Crippen molar-refractivity contribution in [2.75, 3.05) is 0 Å². The molecule has 0 aliphatic heterocycles. The topological polar surface area (TPSA) is 63.3 Å². The van der Waals surface area contributed by atoms with Crippen molar-refractivity contribution in [2.45, 2.75) is 50.7 Å². The van der Waals surface area contributed by atoms with E-state index in [2.05, 4.69) is 0 Å². The Morgan fingerprint density at radius 2 is 1.56 bits per heavy atom. The Labute approximate surface area is 140 Å². The Morgan fingerprint density at radius 3 is 2.00 bits per heavy atom. The third-order valence-electron chi connectivity index (χ3n) is 3.68. The van der Waals surface area contributed by atoms with Crippen molar-refractivity contribution >= 4 is 5.78 Å². The summed E-state index contributed by atoms with van der Waals surface area (Å²) < 4.78 is 76.5. The summed E-state index contributed by atoms with van der Waals surface area (Å²) in [5, 5.41) is 9.18. The summed E-state index contributed by atoms with van der Waals surface area (Å²) in [6.45, 7) is 3.86. The first kappa shape index (κ1) is 21.4. The molecule has 0 saturated carbocycles. The number of ketones is 1. The van der Waals surface area contributed by atoms with Crippen LogP contribution in [0.25, 0.3) is 0 Å². The van der Waals surface area contributed by atoms with Crippen LogP contribution in [0.3, 0.4) is 0 Å². The van der Waals surface area contributed by atoms with Crippen molar-refractivity contribution in [3.63, 3.8) is 0 Å². The van der Waals surface area contributed by atoms with Gasteiger partial charge in [-0.25, -0.2) is 0 Å². The monoisotopic (exact) mass is 371 g/mol. The SMILES string of the molecule is CC(C)Cc1cccc(CC(=O)C(N)C(O)(C(F)(F)F)C(F)(F)F)c1. The lowest BCUT2D eigenvalue weighted by molar-refractivity contribution is -0.370. The lowest BCUT2D eigenvalue weighted by Crippen LogP contribution is -2.69. The van der Waals surface area contributed by atoms with Crippen LogP contribution in [-0.4, -0.2) is 34.9 Å². The first-order chi connectivity index (χ1) is 11.2. The molecular formula is C16H19F6NO2. The fourth-order valence-electron chi connectivity index (χ4n) is 2.40. The molecule has 0 bridgehead atoms. The summed E-state index contributed by atoms with van der Waals surface area (Å²) in [4.78, 5) is 11.9. The number of alkyl halides is 6. The van der Waals surface area contributed by atoms with E-state index in [9.17, 15) is 36.2 Å². The van der Waals surface area contributed by atoms with Crippen molar-refractivity contribution in [3.05, 3.63) is 35.4 Å². The van der Waals surface area contributed by atoms with Gasteiger partial charge in [0.25, 0.3) is 5.60 Å². The highest BCUT2D eigenvalue weighted by Gasteiger charge is 2.74. The van der Waals surface area contributed by atoms with Gasteiger partial charge in [-0.3, -0.25) is 4.79 Å². The molecule has 25 heavy (non-hydrogen) atoms. The highest BCUT2D eigenvalue weighted by Crippen LogP contribution is 2.45. The van der Waals surface area contributed by atoms with Gasteiger partial charge in [0.1, 0.15) is 6.04 Å². The maximum atomic E-state index is 12.8. The molecule has 3 nitrogen and oxygen atoms in total. The molecule has 1 aromatic carbocycles. The third-order valence-corrected chi connectivity index (χ3v) is 3.68. The molecule has 1 unspecified atom stereocenters. The van der Waals surface area contributed by atoms with E-state index < -0.39 is 36.2 Å². The molecule has 0 heterocycles. The van der Waals surface area contributed by atoms with Gasteiger partial charge in [-0.2, -0.15) is 26.3 Å². The Bertz CT molecular complexity index is 595. The smallest absolute Gasteiger partial charge is 0.372 e. The predicted octanol–water partition coefficient (Wildman–Crippen LogP) is 3.18. The van der Waals surface area contributed by atoms with E-state index in [4.69, 9.17) is 5.73 Å². The summed E-state index contributed by atoms with van der Waals surface area (Å²) in [5.41, 5.74) is 0.611. The first-order valence-electron chi connectivity index (χ1n) is 7.42. The molecule has 0 spiro atoms. The van der Waals surface area contributed by atoms with Gasteiger partial charge in [0, 0.05) is 6.42 Å². The second-order valence-electron chi connectivity index (χ2n) is 6.30. The van der Waals surface area contributed by atoms with Crippen LogP contribution < -0.4 is 5.73 Å². The molecule has 1 atom stereocenters. The number of hydrogen-bond acceptors (Lipinski definition) is 3. The van der Waals surface area contributed by atoms with Gasteiger partial charge < -0.3 is 10.8 Å². The number of rotatable bonds is 6. The van der Waals surface area contributed by atoms with E-state index in [1.54, 1.807) is 12.1 Å². The average Bonchev–Trinajstić information content (AvgIpc) is 2.42. The molecule has 0 saturated heterocycles. The van der Waals surface area contributed by atoms with Crippen LogP contribution in [0, 0.1) is 5.92 Å². The fourth-order valence-corrected chi connectivity index (χ4v) is 2.40. The van der Waals surface area contributed by atoms with Crippen LogP contribution in [0.5, 0.6) is 0 Å². The van der Waals surface area contributed by atoms with E-state index in [0.717, 1.165) is 5.56 Å². The Balaban J connectivity index is 3.06. The number of halogens is 6. The van der Waals surface area contributed by atoms with Gasteiger partial charge in [-0.15, -0.1) is 0 Å². The molecule has 0 aliphatic rings. The van der Waals surface area contributed by atoms with Crippen LogP contribution in [0.4, 0.5) is 26.3 Å².